The molecule has 2 rings (SSSR count). The molecule has 1 aliphatic carbocycles. The third-order valence-electron chi connectivity index (χ3n) is 3.31. The molecule has 1 saturated carbocycles. The summed E-state index contributed by atoms with van der Waals surface area (Å²) in [6.07, 6.45) is 4.07. The average Bonchev–Trinajstić information content (AvgIpc) is 3.06. The van der Waals surface area contributed by atoms with Gasteiger partial charge in [-0.3, -0.25) is 10.5 Å². The summed E-state index contributed by atoms with van der Waals surface area (Å²) in [5.74, 6) is 1.47. The van der Waals surface area contributed by atoms with Gasteiger partial charge in [0.15, 0.2) is 5.90 Å². The number of hydrogen-bond donors (Lipinski definition) is 2. The Morgan fingerprint density at radius 1 is 1.53 bits per heavy atom. The normalized spacial score (nSPS) is 15.3. The number of nitrogens with one attached hydrogen (secondary N) is 2. The van der Waals surface area contributed by atoms with Crippen molar-refractivity contribution in [1.82, 2.24) is 10.2 Å². The number of aromatic amines is 1. The second-order valence-corrected chi connectivity index (χ2v) is 5.06. The molecular weight excluding hydrogens is 214 g/mol. The van der Waals surface area contributed by atoms with Crippen molar-refractivity contribution >= 4 is 5.90 Å². The standard InChI is InChI=1S/C13H21N3O/c1-8(2)12-10(6-7-11(14)17-3)13(16-15-12)9-4-5-9/h8-9,14H,4-7H2,1-3H3,(H,15,16). The third kappa shape index (κ3) is 2.68. The van der Waals surface area contributed by atoms with Gasteiger partial charge in [-0.25, -0.2) is 0 Å². The molecule has 94 valence electrons. The maximum atomic E-state index is 7.56. The molecule has 17 heavy (non-hydrogen) atoms. The number of aromatic nitrogens is 2. The van der Waals surface area contributed by atoms with Crippen molar-refractivity contribution in [3.8, 4) is 0 Å². The second-order valence-electron chi connectivity index (χ2n) is 5.06. The van der Waals surface area contributed by atoms with Crippen LogP contribution >= 0.6 is 0 Å². The fourth-order valence-corrected chi connectivity index (χ4v) is 2.18. The van der Waals surface area contributed by atoms with Crippen molar-refractivity contribution in [2.24, 2.45) is 0 Å². The predicted octanol–water partition coefficient (Wildman–Crippen LogP) is 2.97. The molecule has 1 fully saturated rings. The maximum Gasteiger partial charge on any atom is 0.180 e. The first kappa shape index (κ1) is 12.1. The van der Waals surface area contributed by atoms with Crippen molar-refractivity contribution in [1.29, 1.82) is 5.41 Å². The zero-order valence-corrected chi connectivity index (χ0v) is 10.8. The monoisotopic (exact) mass is 235 g/mol. The Morgan fingerprint density at radius 3 is 2.76 bits per heavy atom. The minimum absolute atomic E-state index is 0.350. The molecule has 1 aromatic heterocycles. The highest BCUT2D eigenvalue weighted by molar-refractivity contribution is 5.72. The van der Waals surface area contributed by atoms with Crippen LogP contribution in [0.5, 0.6) is 0 Å². The van der Waals surface area contributed by atoms with Gasteiger partial charge in [0, 0.05) is 18.0 Å². The van der Waals surface area contributed by atoms with Crippen LogP contribution in [0, 0.1) is 5.41 Å². The van der Waals surface area contributed by atoms with E-state index < -0.39 is 0 Å². The second kappa shape index (κ2) is 4.90. The first-order valence-corrected chi connectivity index (χ1v) is 6.32. The average molecular weight is 235 g/mol. The van der Waals surface area contributed by atoms with Crippen molar-refractivity contribution in [3.63, 3.8) is 0 Å². The third-order valence-corrected chi connectivity index (χ3v) is 3.31. The van der Waals surface area contributed by atoms with Gasteiger partial charge in [0.1, 0.15) is 0 Å². The quantitative estimate of drug-likeness (QED) is 0.609. The summed E-state index contributed by atoms with van der Waals surface area (Å²) in [5, 5.41) is 15.2. The van der Waals surface area contributed by atoms with E-state index in [0.29, 0.717) is 24.2 Å². The van der Waals surface area contributed by atoms with Gasteiger partial charge in [-0.05, 0) is 30.7 Å². The molecule has 0 unspecified atom stereocenters. The first-order chi connectivity index (χ1) is 8.13. The lowest BCUT2D eigenvalue weighted by atomic mass is 9.98. The van der Waals surface area contributed by atoms with Crippen LogP contribution in [-0.4, -0.2) is 23.2 Å². The summed E-state index contributed by atoms with van der Waals surface area (Å²) in [7, 11) is 1.56. The van der Waals surface area contributed by atoms with Crippen LogP contribution in [0.4, 0.5) is 0 Å². The molecule has 0 spiro atoms. The summed E-state index contributed by atoms with van der Waals surface area (Å²) in [5.41, 5.74) is 3.79. The van der Waals surface area contributed by atoms with Crippen molar-refractivity contribution in [2.75, 3.05) is 7.11 Å². The number of nitrogens with zero attached hydrogens (tertiary/aromatic N) is 1. The van der Waals surface area contributed by atoms with Crippen LogP contribution in [0.25, 0.3) is 0 Å². The summed E-state index contributed by atoms with van der Waals surface area (Å²) < 4.78 is 4.92. The Morgan fingerprint density at radius 2 is 2.24 bits per heavy atom. The highest BCUT2D eigenvalue weighted by Gasteiger charge is 2.30. The lowest BCUT2D eigenvalue weighted by molar-refractivity contribution is 0.386. The molecule has 1 aliphatic rings. The molecule has 0 aliphatic heterocycles. The Bertz CT molecular complexity index is 385. The molecule has 1 aromatic rings. The molecular formula is C13H21N3O. The molecule has 4 heteroatoms. The molecule has 1 heterocycles. The van der Waals surface area contributed by atoms with E-state index in [0.717, 1.165) is 12.1 Å². The fraction of sp³-hybridized carbons (Fsp3) is 0.692. The predicted molar refractivity (Wildman–Crippen MR) is 67.7 cm³/mol. The highest BCUT2D eigenvalue weighted by Crippen LogP contribution is 2.42. The van der Waals surface area contributed by atoms with E-state index in [9.17, 15) is 0 Å². The van der Waals surface area contributed by atoms with E-state index >= 15 is 0 Å². The van der Waals surface area contributed by atoms with Gasteiger partial charge in [0.25, 0.3) is 0 Å². The van der Waals surface area contributed by atoms with E-state index in [1.807, 2.05) is 0 Å². The number of ether oxygens (including phenoxy) is 1. The summed E-state index contributed by atoms with van der Waals surface area (Å²) in [4.78, 5) is 0. The molecule has 0 bridgehead atoms. The van der Waals surface area contributed by atoms with Gasteiger partial charge in [-0.15, -0.1) is 0 Å². The van der Waals surface area contributed by atoms with Crippen LogP contribution in [-0.2, 0) is 11.2 Å². The Labute approximate surface area is 102 Å². The van der Waals surface area contributed by atoms with E-state index in [4.69, 9.17) is 10.1 Å². The number of methoxy groups -OCH3 is 1. The molecule has 0 atom stereocenters. The minimum Gasteiger partial charge on any atom is -0.484 e. The summed E-state index contributed by atoms with van der Waals surface area (Å²) in [6, 6.07) is 0. The zero-order chi connectivity index (χ0) is 12.4. The van der Waals surface area contributed by atoms with Gasteiger partial charge in [-0.1, -0.05) is 13.8 Å². The van der Waals surface area contributed by atoms with Crippen molar-refractivity contribution in [2.45, 2.75) is 51.4 Å². The van der Waals surface area contributed by atoms with E-state index in [1.165, 1.54) is 24.1 Å². The van der Waals surface area contributed by atoms with Crippen molar-refractivity contribution < 1.29 is 4.74 Å². The number of rotatable bonds is 5. The van der Waals surface area contributed by atoms with Crippen LogP contribution in [0.3, 0.4) is 0 Å². The summed E-state index contributed by atoms with van der Waals surface area (Å²) >= 11 is 0. The molecule has 0 aromatic carbocycles. The Balaban J connectivity index is 2.15. The highest BCUT2D eigenvalue weighted by atomic mass is 16.5. The number of H-pyrrole nitrogens is 1. The zero-order valence-electron chi connectivity index (χ0n) is 10.8. The molecule has 2 N–H and O–H groups in total. The van der Waals surface area contributed by atoms with Gasteiger partial charge in [-0.2, -0.15) is 5.10 Å². The van der Waals surface area contributed by atoms with Gasteiger partial charge < -0.3 is 4.74 Å². The van der Waals surface area contributed by atoms with Crippen LogP contribution < -0.4 is 0 Å². The molecule has 0 radical (unpaired) electrons. The van der Waals surface area contributed by atoms with Crippen LogP contribution in [0.2, 0.25) is 0 Å². The topological polar surface area (TPSA) is 61.8 Å². The maximum absolute atomic E-state index is 7.56. The van der Waals surface area contributed by atoms with E-state index in [-0.39, 0.29) is 0 Å². The lowest BCUT2D eigenvalue weighted by Gasteiger charge is -2.08. The van der Waals surface area contributed by atoms with E-state index in [2.05, 4.69) is 24.0 Å². The SMILES string of the molecule is COC(=N)CCc1c(C(C)C)n[nH]c1C1CC1. The molecule has 0 saturated heterocycles. The van der Waals surface area contributed by atoms with Crippen molar-refractivity contribution in [3.05, 3.63) is 17.0 Å². The lowest BCUT2D eigenvalue weighted by Crippen LogP contribution is -2.04. The van der Waals surface area contributed by atoms with E-state index in [1.54, 1.807) is 7.11 Å². The first-order valence-electron chi connectivity index (χ1n) is 6.32. The Hall–Kier alpha value is -1.32. The van der Waals surface area contributed by atoms with Gasteiger partial charge in [0.05, 0.1) is 12.8 Å². The van der Waals surface area contributed by atoms with Gasteiger partial charge >= 0.3 is 0 Å². The minimum atomic E-state index is 0.350. The molecule has 4 nitrogen and oxygen atoms in total. The molecule has 0 amide bonds. The smallest absolute Gasteiger partial charge is 0.180 e. The van der Waals surface area contributed by atoms with Crippen LogP contribution in [0.1, 0.15) is 61.9 Å². The van der Waals surface area contributed by atoms with Crippen LogP contribution in [0.15, 0.2) is 0 Å². The van der Waals surface area contributed by atoms with Gasteiger partial charge in [0.2, 0.25) is 0 Å². The Kier molecular flexibility index (Phi) is 3.50. The largest absolute Gasteiger partial charge is 0.484 e. The fourth-order valence-electron chi connectivity index (χ4n) is 2.18. The summed E-state index contributed by atoms with van der Waals surface area (Å²) in [6.45, 7) is 4.33. The number of hydrogen-bond acceptors (Lipinski definition) is 3.